The molecule has 10 heteroatoms. The first-order chi connectivity index (χ1) is 17.6. The van der Waals surface area contributed by atoms with E-state index >= 15 is 0 Å². The highest BCUT2D eigenvalue weighted by Crippen LogP contribution is 2.36. The number of nitrogens with two attached hydrogens (primary N) is 1. The number of hydrogen-bond donors (Lipinski definition) is 2. The highest BCUT2D eigenvalue weighted by atomic mass is 16.7. The first-order valence-electron chi connectivity index (χ1n) is 13.0. The second-order valence-electron chi connectivity index (χ2n) is 10.8. The van der Waals surface area contributed by atoms with Gasteiger partial charge in [0, 0.05) is 18.8 Å². The smallest absolute Gasteiger partial charge is 0.480 e. The van der Waals surface area contributed by atoms with Gasteiger partial charge >= 0.3 is 24.1 Å². The van der Waals surface area contributed by atoms with E-state index in [1.54, 1.807) is 19.9 Å². The van der Waals surface area contributed by atoms with E-state index in [0.29, 0.717) is 5.56 Å². The Morgan fingerprint density at radius 2 is 1.37 bits per heavy atom. The van der Waals surface area contributed by atoms with Gasteiger partial charge in [-0.2, -0.15) is 0 Å². The molecule has 0 aliphatic rings. The van der Waals surface area contributed by atoms with Gasteiger partial charge in [-0.05, 0) is 48.3 Å². The number of rotatable bonds is 14. The summed E-state index contributed by atoms with van der Waals surface area (Å²) >= 11 is 0. The Balaban J connectivity index is 3.31. The van der Waals surface area contributed by atoms with Crippen LogP contribution < -0.4 is 15.2 Å². The van der Waals surface area contributed by atoms with E-state index in [2.05, 4.69) is 0 Å². The summed E-state index contributed by atoms with van der Waals surface area (Å²) < 4.78 is 21.4. The van der Waals surface area contributed by atoms with Crippen molar-refractivity contribution in [2.24, 2.45) is 29.4 Å². The third-order valence-electron chi connectivity index (χ3n) is 5.92. The largest absolute Gasteiger partial charge is 0.508 e. The van der Waals surface area contributed by atoms with Gasteiger partial charge in [0.25, 0.3) is 0 Å². The minimum Gasteiger partial charge on any atom is -0.480 e. The number of hydrogen-bond acceptors (Lipinski definition) is 9. The lowest BCUT2D eigenvalue weighted by molar-refractivity contribution is -0.139. The van der Waals surface area contributed by atoms with Crippen LogP contribution in [0.4, 0.5) is 4.79 Å². The Labute approximate surface area is 225 Å². The van der Waals surface area contributed by atoms with Crippen LogP contribution in [0.15, 0.2) is 18.2 Å². The molecule has 3 unspecified atom stereocenters. The molecular weight excluding hydrogens is 494 g/mol. The Morgan fingerprint density at radius 3 is 1.84 bits per heavy atom. The average molecular weight is 538 g/mol. The highest BCUT2D eigenvalue weighted by Gasteiger charge is 2.33. The lowest BCUT2D eigenvalue weighted by Gasteiger charge is -2.28. The molecule has 0 spiro atoms. The van der Waals surface area contributed by atoms with Gasteiger partial charge in [-0.25, -0.2) is 4.79 Å². The molecule has 10 nitrogen and oxygen atoms in total. The SMILES string of the molecule is CC(C)CC(=O)Oc1ccc(C(C(C)COC(=O)OC(C)C(C)C)[C@H](N)C(=O)O)cc1OC(=O)CC(C)C. The zero-order valence-corrected chi connectivity index (χ0v) is 23.7. The van der Waals surface area contributed by atoms with Crippen LogP contribution in [-0.2, 0) is 23.9 Å². The van der Waals surface area contributed by atoms with Gasteiger partial charge in [0.05, 0.1) is 6.61 Å². The van der Waals surface area contributed by atoms with Gasteiger partial charge in [0.15, 0.2) is 11.5 Å². The summed E-state index contributed by atoms with van der Waals surface area (Å²) in [7, 11) is 0. The van der Waals surface area contributed by atoms with Crippen molar-refractivity contribution in [2.45, 2.75) is 86.3 Å². The fraction of sp³-hybridized carbons (Fsp3) is 0.643. The van der Waals surface area contributed by atoms with Crippen LogP contribution in [0, 0.1) is 23.7 Å². The second-order valence-corrected chi connectivity index (χ2v) is 10.8. The maximum atomic E-state index is 12.5. The number of carbonyl (C=O) groups is 4. The van der Waals surface area contributed by atoms with Crippen LogP contribution >= 0.6 is 0 Å². The van der Waals surface area contributed by atoms with Crippen molar-refractivity contribution in [3.05, 3.63) is 23.8 Å². The normalized spacial score (nSPS) is 14.5. The lowest BCUT2D eigenvalue weighted by Crippen LogP contribution is -2.40. The zero-order valence-electron chi connectivity index (χ0n) is 23.7. The van der Waals surface area contributed by atoms with Gasteiger partial charge in [-0.1, -0.05) is 54.5 Å². The molecule has 0 fully saturated rings. The first-order valence-corrected chi connectivity index (χ1v) is 13.0. The molecule has 0 aliphatic heterocycles. The summed E-state index contributed by atoms with van der Waals surface area (Å²) in [4.78, 5) is 48.7. The Hall–Kier alpha value is -3.14. The molecule has 1 aromatic carbocycles. The number of esters is 2. The van der Waals surface area contributed by atoms with E-state index in [1.807, 2.05) is 41.5 Å². The fourth-order valence-electron chi connectivity index (χ4n) is 3.56. The van der Waals surface area contributed by atoms with Crippen molar-refractivity contribution >= 4 is 24.1 Å². The molecule has 0 aliphatic carbocycles. The zero-order chi connectivity index (χ0) is 29.2. The van der Waals surface area contributed by atoms with Crippen molar-refractivity contribution in [3.8, 4) is 11.5 Å². The number of carboxylic acids is 1. The van der Waals surface area contributed by atoms with Crippen LogP contribution in [0.1, 0.15) is 79.7 Å². The van der Waals surface area contributed by atoms with Gasteiger partial charge in [-0.3, -0.25) is 14.4 Å². The van der Waals surface area contributed by atoms with Gasteiger partial charge in [0.2, 0.25) is 0 Å². The van der Waals surface area contributed by atoms with Crippen molar-refractivity contribution in [3.63, 3.8) is 0 Å². The molecule has 0 saturated heterocycles. The molecule has 0 saturated carbocycles. The summed E-state index contributed by atoms with van der Waals surface area (Å²) in [6, 6.07) is 3.08. The molecule has 0 bridgehead atoms. The Kier molecular flexibility index (Phi) is 13.3. The molecule has 0 aromatic heterocycles. The summed E-state index contributed by atoms with van der Waals surface area (Å²) in [6.07, 6.45) is -0.934. The van der Waals surface area contributed by atoms with Crippen molar-refractivity contribution in [1.82, 2.24) is 0 Å². The summed E-state index contributed by atoms with van der Waals surface area (Å²) in [5, 5.41) is 9.68. The van der Waals surface area contributed by atoms with E-state index in [0.717, 1.165) is 0 Å². The lowest BCUT2D eigenvalue weighted by atomic mass is 9.82. The second kappa shape index (κ2) is 15.3. The van der Waals surface area contributed by atoms with Crippen molar-refractivity contribution in [2.75, 3.05) is 6.61 Å². The van der Waals surface area contributed by atoms with Crippen LogP contribution in [-0.4, -0.2) is 47.9 Å². The number of carboxylic acid groups (broad SMARTS) is 1. The molecule has 1 aromatic rings. The maximum absolute atomic E-state index is 12.5. The summed E-state index contributed by atoms with van der Waals surface area (Å²) in [5.41, 5.74) is 6.46. The van der Waals surface area contributed by atoms with Crippen molar-refractivity contribution in [1.29, 1.82) is 0 Å². The summed E-state index contributed by atoms with van der Waals surface area (Å²) in [5.74, 6) is -3.49. The third kappa shape index (κ3) is 11.1. The monoisotopic (exact) mass is 537 g/mol. The number of benzene rings is 1. The molecule has 0 amide bonds. The van der Waals surface area contributed by atoms with Crippen molar-refractivity contribution < 1.29 is 43.2 Å². The maximum Gasteiger partial charge on any atom is 0.508 e. The first kappa shape index (κ1) is 32.9. The van der Waals surface area contributed by atoms with Crippen LogP contribution in [0.25, 0.3) is 0 Å². The molecule has 38 heavy (non-hydrogen) atoms. The Bertz CT molecular complexity index is 958. The van der Waals surface area contributed by atoms with Gasteiger partial charge in [-0.15, -0.1) is 0 Å². The van der Waals surface area contributed by atoms with E-state index in [9.17, 15) is 24.3 Å². The predicted molar refractivity (Wildman–Crippen MR) is 141 cm³/mol. The average Bonchev–Trinajstić information content (AvgIpc) is 2.78. The molecule has 4 atom stereocenters. The minimum atomic E-state index is -1.37. The van der Waals surface area contributed by atoms with Crippen LogP contribution in [0.2, 0.25) is 0 Å². The Morgan fingerprint density at radius 1 is 0.842 bits per heavy atom. The number of aliphatic carboxylic acids is 1. The van der Waals surface area contributed by atoms with Gasteiger partial charge < -0.3 is 29.8 Å². The molecular formula is C28H43NO9. The standard InChI is InChI=1S/C28H43NO9/c1-15(2)11-23(30)37-21-10-9-20(13-22(21)38-24(31)12-16(3)4)25(26(29)27(32)33)18(7)14-35-28(34)36-19(8)17(5)6/h9-10,13,15-19,25-26H,11-12,14,29H2,1-8H3,(H,32,33)/t18?,19?,25?,26-/m0/s1. The number of carbonyl (C=O) groups excluding carboxylic acids is 3. The molecule has 1 rings (SSSR count). The minimum absolute atomic E-state index is 0.0221. The predicted octanol–water partition coefficient (Wildman–Crippen LogP) is 4.92. The molecule has 0 heterocycles. The van der Waals surface area contributed by atoms with E-state index in [-0.39, 0.29) is 54.8 Å². The van der Waals surface area contributed by atoms with E-state index in [1.165, 1.54) is 12.1 Å². The van der Waals surface area contributed by atoms with Gasteiger partial charge in [0.1, 0.15) is 12.1 Å². The van der Waals surface area contributed by atoms with E-state index in [4.69, 9.17) is 24.7 Å². The summed E-state index contributed by atoms with van der Waals surface area (Å²) in [6.45, 7) is 14.5. The van der Waals surface area contributed by atoms with E-state index < -0.39 is 41.9 Å². The quantitative estimate of drug-likeness (QED) is 0.247. The fourth-order valence-corrected chi connectivity index (χ4v) is 3.56. The molecule has 214 valence electrons. The molecule has 0 radical (unpaired) electrons. The third-order valence-corrected chi connectivity index (χ3v) is 5.92. The number of ether oxygens (including phenoxy) is 4. The topological polar surface area (TPSA) is 151 Å². The van der Waals surface area contributed by atoms with Crippen LogP contribution in [0.3, 0.4) is 0 Å². The highest BCUT2D eigenvalue weighted by molar-refractivity contribution is 5.77. The molecule has 3 N–H and O–H groups in total. The van der Waals surface area contributed by atoms with Crippen LogP contribution in [0.5, 0.6) is 11.5 Å².